The summed E-state index contributed by atoms with van der Waals surface area (Å²) in [6.07, 6.45) is 4.28. The van der Waals surface area contributed by atoms with Gasteiger partial charge < -0.3 is 4.74 Å². The van der Waals surface area contributed by atoms with Crippen LogP contribution >= 0.6 is 0 Å². The third-order valence-electron chi connectivity index (χ3n) is 5.00. The zero-order valence-electron chi connectivity index (χ0n) is 15.6. The molecule has 0 atom stereocenters. The van der Waals surface area contributed by atoms with Gasteiger partial charge in [-0.3, -0.25) is 0 Å². The average Bonchev–Trinajstić information content (AvgIpc) is 3.04. The zero-order chi connectivity index (χ0) is 19.7. The molecule has 3 heterocycles. The number of nitrogens with zero attached hydrogens (tertiary/aromatic N) is 4. The highest BCUT2D eigenvalue weighted by Gasteiger charge is 2.29. The van der Waals surface area contributed by atoms with Crippen LogP contribution < -0.4 is 10.4 Å². The first-order valence-electron chi connectivity index (χ1n) is 9.22. The van der Waals surface area contributed by atoms with E-state index in [0.717, 1.165) is 30.6 Å². The van der Waals surface area contributed by atoms with Gasteiger partial charge in [0.2, 0.25) is 10.0 Å². The van der Waals surface area contributed by atoms with Crippen molar-refractivity contribution in [2.24, 2.45) is 0 Å². The predicted octanol–water partition coefficient (Wildman–Crippen LogP) is 1.73. The molecule has 0 amide bonds. The number of hydrogen-bond acceptors (Lipinski definition) is 5. The molecule has 1 fully saturated rings. The third kappa shape index (κ3) is 3.31. The Labute approximate surface area is 163 Å². The number of aromatic nitrogens is 3. The Kier molecular flexibility index (Phi) is 4.94. The van der Waals surface area contributed by atoms with E-state index in [1.165, 1.54) is 19.5 Å². The van der Waals surface area contributed by atoms with Crippen LogP contribution in [0.15, 0.2) is 52.3 Å². The fourth-order valence-electron chi connectivity index (χ4n) is 3.47. The lowest BCUT2D eigenvalue weighted by atomic mass is 10.2. The Balaban J connectivity index is 1.74. The van der Waals surface area contributed by atoms with E-state index in [0.29, 0.717) is 13.1 Å². The Morgan fingerprint density at radius 1 is 1.07 bits per heavy atom. The van der Waals surface area contributed by atoms with E-state index in [-0.39, 0.29) is 22.8 Å². The molecule has 1 aromatic carbocycles. The summed E-state index contributed by atoms with van der Waals surface area (Å²) in [5.74, 6) is 0.723. The standard InChI is InChI=1S/C19H22N4O4S/c1-27-16-9-7-15(8-10-16)14-23-19(24)22-13-5-6-17(18(22)20-23)28(25,26)21-11-3-2-4-12-21/h5-10,13H,2-4,11-12,14H2,1H3. The fraction of sp³-hybridized carbons (Fsp3) is 0.368. The summed E-state index contributed by atoms with van der Waals surface area (Å²) in [4.78, 5) is 12.8. The van der Waals surface area contributed by atoms with E-state index < -0.39 is 10.0 Å². The van der Waals surface area contributed by atoms with Gasteiger partial charge >= 0.3 is 5.69 Å². The first-order valence-corrected chi connectivity index (χ1v) is 10.7. The molecule has 0 spiro atoms. The lowest BCUT2D eigenvalue weighted by Crippen LogP contribution is -2.35. The van der Waals surface area contributed by atoms with Crippen molar-refractivity contribution in [2.75, 3.05) is 20.2 Å². The number of sulfonamides is 1. The number of hydrogen-bond donors (Lipinski definition) is 0. The maximum absolute atomic E-state index is 13.1. The molecule has 4 rings (SSSR count). The van der Waals surface area contributed by atoms with Crippen molar-refractivity contribution in [3.8, 4) is 5.75 Å². The number of fused-ring (bicyclic) bond motifs is 1. The minimum Gasteiger partial charge on any atom is -0.497 e. The Morgan fingerprint density at radius 2 is 1.79 bits per heavy atom. The van der Waals surface area contributed by atoms with Crippen LogP contribution in [0.3, 0.4) is 0 Å². The molecule has 0 bridgehead atoms. The predicted molar refractivity (Wildman–Crippen MR) is 104 cm³/mol. The normalized spacial score (nSPS) is 15.8. The fourth-order valence-corrected chi connectivity index (χ4v) is 5.10. The van der Waals surface area contributed by atoms with Crippen molar-refractivity contribution in [2.45, 2.75) is 30.7 Å². The summed E-state index contributed by atoms with van der Waals surface area (Å²) in [5.41, 5.74) is 0.653. The highest BCUT2D eigenvalue weighted by Crippen LogP contribution is 2.23. The molecule has 1 aliphatic heterocycles. The summed E-state index contributed by atoms with van der Waals surface area (Å²) in [5, 5.41) is 4.34. The first-order chi connectivity index (χ1) is 13.5. The number of benzene rings is 1. The minimum atomic E-state index is -3.69. The van der Waals surface area contributed by atoms with E-state index in [4.69, 9.17) is 4.74 Å². The molecule has 2 aromatic heterocycles. The molecule has 148 valence electrons. The largest absolute Gasteiger partial charge is 0.497 e. The highest BCUT2D eigenvalue weighted by atomic mass is 32.2. The molecular weight excluding hydrogens is 380 g/mol. The van der Waals surface area contributed by atoms with Gasteiger partial charge in [-0.1, -0.05) is 18.6 Å². The Bertz CT molecular complexity index is 1140. The topological polar surface area (TPSA) is 85.9 Å². The van der Waals surface area contributed by atoms with Crippen LogP contribution in [0.25, 0.3) is 5.65 Å². The molecule has 0 unspecified atom stereocenters. The summed E-state index contributed by atoms with van der Waals surface area (Å²) in [6, 6.07) is 10.4. The van der Waals surface area contributed by atoms with Crippen LogP contribution in [0.4, 0.5) is 0 Å². The van der Waals surface area contributed by atoms with Gasteiger partial charge in [0.1, 0.15) is 10.6 Å². The molecular formula is C19H22N4O4S. The molecule has 28 heavy (non-hydrogen) atoms. The maximum atomic E-state index is 13.1. The molecule has 0 N–H and O–H groups in total. The maximum Gasteiger partial charge on any atom is 0.350 e. The SMILES string of the molecule is COc1ccc(Cn2nc3c(S(=O)(=O)N4CCCCC4)cccn3c2=O)cc1. The van der Waals surface area contributed by atoms with E-state index >= 15 is 0 Å². The van der Waals surface area contributed by atoms with Gasteiger partial charge in [0.15, 0.2) is 5.65 Å². The van der Waals surface area contributed by atoms with Gasteiger partial charge in [-0.25, -0.2) is 22.3 Å². The third-order valence-corrected chi connectivity index (χ3v) is 6.92. The quantitative estimate of drug-likeness (QED) is 0.649. The van der Waals surface area contributed by atoms with Gasteiger partial charge in [-0.2, -0.15) is 4.31 Å². The van der Waals surface area contributed by atoms with Crippen molar-refractivity contribution < 1.29 is 13.2 Å². The molecule has 0 aliphatic carbocycles. The number of piperidine rings is 1. The van der Waals surface area contributed by atoms with Crippen LogP contribution in [0.1, 0.15) is 24.8 Å². The molecule has 9 heteroatoms. The van der Waals surface area contributed by atoms with Crippen LogP contribution in [0.2, 0.25) is 0 Å². The molecule has 1 aliphatic rings. The van der Waals surface area contributed by atoms with Gasteiger partial charge in [-0.05, 0) is 42.7 Å². The first kappa shape index (κ1) is 18.7. The lowest BCUT2D eigenvalue weighted by Gasteiger charge is -2.25. The van der Waals surface area contributed by atoms with Crippen LogP contribution in [-0.2, 0) is 16.6 Å². The molecule has 8 nitrogen and oxygen atoms in total. The Hall–Kier alpha value is -2.65. The smallest absolute Gasteiger partial charge is 0.350 e. The van der Waals surface area contributed by atoms with Crippen molar-refractivity contribution in [3.05, 3.63) is 58.6 Å². The molecule has 0 saturated carbocycles. The molecule has 0 radical (unpaired) electrons. The number of ether oxygens (including phenoxy) is 1. The second-order valence-electron chi connectivity index (χ2n) is 6.82. The number of pyridine rings is 1. The highest BCUT2D eigenvalue weighted by molar-refractivity contribution is 7.89. The summed E-state index contributed by atoms with van der Waals surface area (Å²) in [6.45, 7) is 1.24. The van der Waals surface area contributed by atoms with Crippen LogP contribution in [0.5, 0.6) is 5.75 Å². The van der Waals surface area contributed by atoms with Crippen LogP contribution in [-0.4, -0.2) is 47.1 Å². The van der Waals surface area contributed by atoms with Gasteiger partial charge in [0, 0.05) is 19.3 Å². The summed E-state index contributed by atoms with van der Waals surface area (Å²) in [7, 11) is -2.10. The Morgan fingerprint density at radius 3 is 2.46 bits per heavy atom. The second-order valence-corrected chi connectivity index (χ2v) is 8.73. The van der Waals surface area contributed by atoms with Crippen LogP contribution in [0, 0.1) is 0 Å². The lowest BCUT2D eigenvalue weighted by molar-refractivity contribution is 0.347. The van der Waals surface area contributed by atoms with Gasteiger partial charge in [0.25, 0.3) is 0 Å². The van der Waals surface area contributed by atoms with E-state index in [2.05, 4.69) is 5.10 Å². The van der Waals surface area contributed by atoms with E-state index in [1.807, 2.05) is 24.3 Å². The van der Waals surface area contributed by atoms with Crippen molar-refractivity contribution in [3.63, 3.8) is 0 Å². The molecule has 1 saturated heterocycles. The zero-order valence-corrected chi connectivity index (χ0v) is 16.4. The van der Waals surface area contributed by atoms with Crippen molar-refractivity contribution in [1.29, 1.82) is 0 Å². The summed E-state index contributed by atoms with van der Waals surface area (Å²) >= 11 is 0. The van der Waals surface area contributed by atoms with E-state index in [9.17, 15) is 13.2 Å². The summed E-state index contributed by atoms with van der Waals surface area (Å²) < 4.78 is 35.4. The van der Waals surface area contributed by atoms with Crippen molar-refractivity contribution >= 4 is 15.7 Å². The monoisotopic (exact) mass is 402 g/mol. The van der Waals surface area contributed by atoms with Gasteiger partial charge in [-0.15, -0.1) is 5.10 Å². The van der Waals surface area contributed by atoms with E-state index in [1.54, 1.807) is 19.4 Å². The average molecular weight is 402 g/mol. The van der Waals surface area contributed by atoms with Gasteiger partial charge in [0.05, 0.1) is 13.7 Å². The minimum absolute atomic E-state index is 0.0717. The number of methoxy groups -OCH3 is 1. The van der Waals surface area contributed by atoms with Crippen molar-refractivity contribution in [1.82, 2.24) is 18.5 Å². The number of rotatable bonds is 5. The molecule has 3 aromatic rings. The second kappa shape index (κ2) is 7.40.